The van der Waals surface area contributed by atoms with Gasteiger partial charge in [0.2, 0.25) is 0 Å². The number of nitrogens with zero attached hydrogens (tertiary/aromatic N) is 3. The predicted octanol–water partition coefficient (Wildman–Crippen LogP) is 0.864. The Balaban J connectivity index is 1.99. The van der Waals surface area contributed by atoms with Crippen LogP contribution in [0.1, 0.15) is 19.8 Å². The first-order valence-electron chi connectivity index (χ1n) is 6.44. The van der Waals surface area contributed by atoms with E-state index in [0.29, 0.717) is 5.92 Å². The van der Waals surface area contributed by atoms with Crippen LogP contribution in [0.3, 0.4) is 0 Å². The molecule has 16 heavy (non-hydrogen) atoms. The maximum atomic E-state index is 9.33. The highest BCUT2D eigenvalue weighted by Gasteiger charge is 2.51. The Kier molecular flexibility index (Phi) is 2.44. The van der Waals surface area contributed by atoms with Crippen LogP contribution in [0.2, 0.25) is 0 Å². The van der Waals surface area contributed by atoms with Crippen LogP contribution in [0, 0.1) is 11.3 Å². The fourth-order valence-corrected chi connectivity index (χ4v) is 4.06. The molecule has 0 radical (unpaired) electrons. The summed E-state index contributed by atoms with van der Waals surface area (Å²) >= 11 is 0. The van der Waals surface area contributed by atoms with Crippen molar-refractivity contribution in [1.82, 2.24) is 9.80 Å². The first-order valence-corrected chi connectivity index (χ1v) is 6.44. The lowest BCUT2D eigenvalue weighted by molar-refractivity contribution is 0.103. The minimum atomic E-state index is 0.154. The molecule has 4 heterocycles. The lowest BCUT2D eigenvalue weighted by Gasteiger charge is -2.50. The van der Waals surface area contributed by atoms with E-state index in [4.69, 9.17) is 0 Å². The second kappa shape index (κ2) is 3.70. The third-order valence-corrected chi connectivity index (χ3v) is 4.51. The molecule has 0 aromatic carbocycles. The molecule has 4 nitrogen and oxygen atoms in total. The summed E-state index contributed by atoms with van der Waals surface area (Å²) in [6.45, 7) is 9.03. The number of hydrogen-bond donors (Lipinski definition) is 1. The summed E-state index contributed by atoms with van der Waals surface area (Å²) in [5, 5.41) is 13.0. The largest absolute Gasteiger partial charge is 0.411 e. The number of fused-ring (bicyclic) bond motifs is 1. The molecule has 2 unspecified atom stereocenters. The van der Waals surface area contributed by atoms with Gasteiger partial charge in [-0.25, -0.2) is 0 Å². The van der Waals surface area contributed by atoms with Crippen molar-refractivity contribution in [2.24, 2.45) is 16.5 Å². The maximum absolute atomic E-state index is 9.33. The van der Waals surface area contributed by atoms with Gasteiger partial charge >= 0.3 is 0 Å². The Hall–Kier alpha value is -0.610. The molecule has 4 aliphatic rings. The number of rotatable bonds is 2. The highest BCUT2D eigenvalue weighted by Crippen LogP contribution is 2.41. The Morgan fingerprint density at radius 2 is 1.94 bits per heavy atom. The molecule has 4 aliphatic heterocycles. The molecule has 2 atom stereocenters. The lowest BCUT2D eigenvalue weighted by atomic mass is 9.68. The van der Waals surface area contributed by atoms with Crippen molar-refractivity contribution in [3.05, 3.63) is 0 Å². The molecular formula is C12H21N3O. The van der Waals surface area contributed by atoms with Crippen molar-refractivity contribution in [2.45, 2.75) is 19.8 Å². The van der Waals surface area contributed by atoms with Gasteiger partial charge < -0.3 is 15.0 Å². The Morgan fingerprint density at radius 3 is 2.44 bits per heavy atom. The van der Waals surface area contributed by atoms with E-state index in [2.05, 4.69) is 21.9 Å². The molecule has 4 heteroatoms. The topological polar surface area (TPSA) is 39.1 Å². The van der Waals surface area contributed by atoms with Gasteiger partial charge in [-0.1, -0.05) is 18.5 Å². The van der Waals surface area contributed by atoms with Gasteiger partial charge in [-0.05, 0) is 6.42 Å². The van der Waals surface area contributed by atoms with Crippen molar-refractivity contribution in [3.63, 3.8) is 0 Å². The van der Waals surface area contributed by atoms with Gasteiger partial charge in [0.05, 0.1) is 5.71 Å². The summed E-state index contributed by atoms with van der Waals surface area (Å²) in [6.07, 6.45) is 2.34. The molecular weight excluding hydrogens is 202 g/mol. The summed E-state index contributed by atoms with van der Waals surface area (Å²) < 4.78 is 0. The van der Waals surface area contributed by atoms with Crippen molar-refractivity contribution >= 4 is 5.71 Å². The Labute approximate surface area is 96.9 Å². The van der Waals surface area contributed by atoms with Crippen LogP contribution in [0.4, 0.5) is 0 Å². The monoisotopic (exact) mass is 223 g/mol. The first-order chi connectivity index (χ1) is 7.77. The highest BCUT2D eigenvalue weighted by molar-refractivity contribution is 5.94. The fraction of sp³-hybridized carbons (Fsp3) is 0.917. The predicted molar refractivity (Wildman–Crippen MR) is 62.9 cm³/mol. The molecule has 0 spiro atoms. The van der Waals surface area contributed by atoms with E-state index in [-0.39, 0.29) is 5.41 Å². The SMILES string of the molecule is CCCC12CN3CCN(CC(C3)C1=NO)C2. The zero-order chi connectivity index (χ0) is 11.2. The van der Waals surface area contributed by atoms with Crippen LogP contribution in [0.15, 0.2) is 5.16 Å². The zero-order valence-electron chi connectivity index (χ0n) is 10.0. The molecule has 0 saturated carbocycles. The van der Waals surface area contributed by atoms with Crippen LogP contribution < -0.4 is 0 Å². The molecule has 0 aliphatic carbocycles. The van der Waals surface area contributed by atoms with Gasteiger partial charge in [0, 0.05) is 50.6 Å². The third-order valence-electron chi connectivity index (χ3n) is 4.51. The summed E-state index contributed by atoms with van der Waals surface area (Å²) in [5.41, 5.74) is 1.25. The molecule has 4 bridgehead atoms. The molecule has 4 rings (SSSR count). The Bertz CT molecular complexity index is 299. The quantitative estimate of drug-likeness (QED) is 0.557. The van der Waals surface area contributed by atoms with E-state index in [0.717, 1.165) is 38.3 Å². The van der Waals surface area contributed by atoms with Crippen molar-refractivity contribution < 1.29 is 5.21 Å². The van der Waals surface area contributed by atoms with E-state index in [1.807, 2.05) is 0 Å². The van der Waals surface area contributed by atoms with Crippen LogP contribution in [-0.2, 0) is 0 Å². The van der Waals surface area contributed by atoms with Crippen LogP contribution in [0.25, 0.3) is 0 Å². The van der Waals surface area contributed by atoms with Gasteiger partial charge in [-0.15, -0.1) is 0 Å². The Morgan fingerprint density at radius 1 is 1.31 bits per heavy atom. The van der Waals surface area contributed by atoms with E-state index in [9.17, 15) is 5.21 Å². The van der Waals surface area contributed by atoms with Crippen molar-refractivity contribution in [1.29, 1.82) is 0 Å². The molecule has 90 valence electrons. The first kappa shape index (κ1) is 10.5. The van der Waals surface area contributed by atoms with Crippen LogP contribution in [0.5, 0.6) is 0 Å². The van der Waals surface area contributed by atoms with Crippen molar-refractivity contribution in [2.75, 3.05) is 39.3 Å². The summed E-state index contributed by atoms with van der Waals surface area (Å²) in [5.74, 6) is 0.474. The summed E-state index contributed by atoms with van der Waals surface area (Å²) in [7, 11) is 0. The summed E-state index contributed by atoms with van der Waals surface area (Å²) in [4.78, 5) is 5.14. The van der Waals surface area contributed by atoms with E-state index < -0.39 is 0 Å². The normalized spacial score (nSPS) is 48.6. The fourth-order valence-electron chi connectivity index (χ4n) is 4.06. The van der Waals surface area contributed by atoms with E-state index in [1.54, 1.807) is 0 Å². The second-order valence-corrected chi connectivity index (χ2v) is 5.68. The van der Waals surface area contributed by atoms with E-state index in [1.165, 1.54) is 19.5 Å². The minimum absolute atomic E-state index is 0.154. The molecule has 0 aromatic rings. The summed E-state index contributed by atoms with van der Waals surface area (Å²) in [6, 6.07) is 0. The van der Waals surface area contributed by atoms with Crippen LogP contribution in [-0.4, -0.2) is 60.0 Å². The standard InChI is InChI=1S/C12H21N3O/c1-2-3-12-8-14-4-5-15(9-12)7-10(6-14)11(12)13-16/h10,16H,2-9H2,1H3. The molecule has 4 saturated heterocycles. The smallest absolute Gasteiger partial charge is 0.0714 e. The highest BCUT2D eigenvalue weighted by atomic mass is 16.4. The molecule has 4 fully saturated rings. The zero-order valence-corrected chi connectivity index (χ0v) is 10.0. The van der Waals surface area contributed by atoms with Crippen LogP contribution >= 0.6 is 0 Å². The molecule has 1 N–H and O–H groups in total. The third kappa shape index (κ3) is 1.39. The number of piperidine rings is 2. The molecule has 0 amide bonds. The number of oxime groups is 1. The van der Waals surface area contributed by atoms with Crippen molar-refractivity contribution in [3.8, 4) is 0 Å². The maximum Gasteiger partial charge on any atom is 0.0714 e. The second-order valence-electron chi connectivity index (χ2n) is 5.68. The van der Waals surface area contributed by atoms with Gasteiger partial charge in [-0.2, -0.15) is 0 Å². The average Bonchev–Trinajstić information content (AvgIpc) is 2.47. The van der Waals surface area contributed by atoms with Gasteiger partial charge in [0.1, 0.15) is 0 Å². The average molecular weight is 223 g/mol. The van der Waals surface area contributed by atoms with Gasteiger partial charge in [0.15, 0.2) is 0 Å². The minimum Gasteiger partial charge on any atom is -0.411 e. The van der Waals surface area contributed by atoms with Gasteiger partial charge in [-0.3, -0.25) is 0 Å². The lowest BCUT2D eigenvalue weighted by Crippen LogP contribution is -2.61. The van der Waals surface area contributed by atoms with E-state index >= 15 is 0 Å². The number of hydrogen-bond acceptors (Lipinski definition) is 4. The molecule has 0 aromatic heterocycles. The van der Waals surface area contributed by atoms with Gasteiger partial charge in [0.25, 0.3) is 0 Å².